The van der Waals surface area contributed by atoms with Crippen LogP contribution in [-0.4, -0.2) is 49.4 Å². The Labute approximate surface area is 181 Å². The largest absolute Gasteiger partial charge is 0.452 e. The number of ether oxygens (including phenoxy) is 1. The smallest absolute Gasteiger partial charge is 0.340 e. The lowest BCUT2D eigenvalue weighted by atomic mass is 10.1. The first-order valence-electron chi connectivity index (χ1n) is 9.70. The maximum atomic E-state index is 12.4. The van der Waals surface area contributed by atoms with Gasteiger partial charge in [-0.05, 0) is 30.7 Å². The molecule has 8 heteroatoms. The monoisotopic (exact) mass is 431 g/mol. The second kappa shape index (κ2) is 11.8. The van der Waals surface area contributed by atoms with E-state index in [1.54, 1.807) is 42.5 Å². The molecule has 0 fully saturated rings. The topological polar surface area (TPSA) is 87.7 Å². The van der Waals surface area contributed by atoms with E-state index in [2.05, 4.69) is 17.6 Å². The van der Waals surface area contributed by atoms with E-state index >= 15 is 0 Å². The number of amides is 2. The van der Waals surface area contributed by atoms with Crippen molar-refractivity contribution < 1.29 is 19.1 Å². The van der Waals surface area contributed by atoms with Crippen LogP contribution in [0.1, 0.15) is 30.1 Å². The lowest BCUT2D eigenvalue weighted by Crippen LogP contribution is -2.37. The molecule has 0 heterocycles. The van der Waals surface area contributed by atoms with Crippen LogP contribution in [0.3, 0.4) is 0 Å². The van der Waals surface area contributed by atoms with Crippen molar-refractivity contribution in [1.29, 1.82) is 0 Å². The fraction of sp³-hybridized carbons (Fsp3) is 0.318. The number of nitrogens with one attached hydrogen (secondary N) is 2. The molecule has 160 valence electrons. The number of anilines is 2. The molecular formula is C22H26ClN3O4. The van der Waals surface area contributed by atoms with Crippen LogP contribution < -0.4 is 10.6 Å². The summed E-state index contributed by atoms with van der Waals surface area (Å²) in [7, 11) is 1.46. The average Bonchev–Trinajstić information content (AvgIpc) is 2.74. The molecule has 30 heavy (non-hydrogen) atoms. The Morgan fingerprint density at radius 3 is 2.40 bits per heavy atom. The Morgan fingerprint density at radius 1 is 1.03 bits per heavy atom. The zero-order chi connectivity index (χ0) is 21.9. The summed E-state index contributed by atoms with van der Waals surface area (Å²) in [6.07, 6.45) is 2.01. The van der Waals surface area contributed by atoms with Crippen LogP contribution in [-0.2, 0) is 14.3 Å². The molecule has 7 nitrogen and oxygen atoms in total. The highest BCUT2D eigenvalue weighted by Crippen LogP contribution is 2.20. The summed E-state index contributed by atoms with van der Waals surface area (Å²) in [6.45, 7) is 2.16. The predicted molar refractivity (Wildman–Crippen MR) is 118 cm³/mol. The third-order valence-electron chi connectivity index (χ3n) is 4.27. The second-order valence-corrected chi connectivity index (χ2v) is 7.09. The molecule has 0 saturated heterocycles. The van der Waals surface area contributed by atoms with Gasteiger partial charge < -0.3 is 20.3 Å². The summed E-state index contributed by atoms with van der Waals surface area (Å²) in [5.74, 6) is -1.50. The van der Waals surface area contributed by atoms with Crippen LogP contribution in [0.5, 0.6) is 0 Å². The van der Waals surface area contributed by atoms with Gasteiger partial charge in [0.15, 0.2) is 6.61 Å². The van der Waals surface area contributed by atoms with Gasteiger partial charge in [-0.3, -0.25) is 9.59 Å². The van der Waals surface area contributed by atoms with E-state index in [-0.39, 0.29) is 6.54 Å². The van der Waals surface area contributed by atoms with Gasteiger partial charge >= 0.3 is 5.97 Å². The first-order chi connectivity index (χ1) is 14.4. The molecule has 0 spiro atoms. The van der Waals surface area contributed by atoms with Gasteiger partial charge in [-0.25, -0.2) is 4.79 Å². The van der Waals surface area contributed by atoms with Crippen LogP contribution in [0.25, 0.3) is 0 Å². The molecule has 0 aliphatic heterocycles. The van der Waals surface area contributed by atoms with Gasteiger partial charge in [-0.1, -0.05) is 49.2 Å². The highest BCUT2D eigenvalue weighted by molar-refractivity contribution is 6.33. The molecule has 2 amide bonds. The van der Waals surface area contributed by atoms with Crippen molar-refractivity contribution in [2.24, 2.45) is 0 Å². The fourth-order valence-electron chi connectivity index (χ4n) is 2.59. The SMILES string of the molecule is CCCCNc1ccccc1C(=O)OCC(=O)N(C)CC(=O)Nc1ccccc1Cl. The molecule has 0 radical (unpaired) electrons. The summed E-state index contributed by atoms with van der Waals surface area (Å²) in [5, 5.41) is 6.24. The van der Waals surface area contributed by atoms with E-state index in [1.165, 1.54) is 11.9 Å². The van der Waals surface area contributed by atoms with Crippen LogP contribution in [0.4, 0.5) is 11.4 Å². The van der Waals surface area contributed by atoms with Crippen molar-refractivity contribution in [1.82, 2.24) is 4.90 Å². The van der Waals surface area contributed by atoms with Crippen LogP contribution in [0.15, 0.2) is 48.5 Å². The number of nitrogens with zero attached hydrogens (tertiary/aromatic N) is 1. The molecule has 0 aromatic heterocycles. The molecule has 0 aliphatic carbocycles. The molecule has 2 N–H and O–H groups in total. The zero-order valence-corrected chi connectivity index (χ0v) is 17.9. The van der Waals surface area contributed by atoms with Gasteiger partial charge in [-0.2, -0.15) is 0 Å². The highest BCUT2D eigenvalue weighted by atomic mass is 35.5. The maximum Gasteiger partial charge on any atom is 0.340 e. The fourth-order valence-corrected chi connectivity index (χ4v) is 2.77. The minimum atomic E-state index is -0.600. The molecule has 0 saturated carbocycles. The number of carbonyl (C=O) groups is 3. The second-order valence-electron chi connectivity index (χ2n) is 6.68. The van der Waals surface area contributed by atoms with Crippen LogP contribution in [0, 0.1) is 0 Å². The minimum Gasteiger partial charge on any atom is -0.452 e. The van der Waals surface area contributed by atoms with E-state index in [1.807, 2.05) is 6.07 Å². The summed E-state index contributed by atoms with van der Waals surface area (Å²) < 4.78 is 5.15. The first kappa shape index (κ1) is 23.2. The molecule has 0 aliphatic rings. The molecule has 0 atom stereocenters. The Morgan fingerprint density at radius 2 is 1.70 bits per heavy atom. The van der Waals surface area contributed by atoms with Crippen LogP contribution in [0.2, 0.25) is 5.02 Å². The van der Waals surface area contributed by atoms with Gasteiger partial charge in [0, 0.05) is 19.3 Å². The molecular weight excluding hydrogens is 406 g/mol. The first-order valence-corrected chi connectivity index (χ1v) is 10.1. The normalized spacial score (nSPS) is 10.2. The summed E-state index contributed by atoms with van der Waals surface area (Å²) in [5.41, 5.74) is 1.49. The lowest BCUT2D eigenvalue weighted by Gasteiger charge is -2.17. The number of carbonyl (C=O) groups excluding carboxylic acids is 3. The number of benzene rings is 2. The Balaban J connectivity index is 1.85. The Bertz CT molecular complexity index is 888. The minimum absolute atomic E-state index is 0.198. The van der Waals surface area contributed by atoms with Gasteiger partial charge in [0.1, 0.15) is 0 Å². The standard InChI is InChI=1S/C22H26ClN3O4/c1-3-4-13-24-18-11-7-5-9-16(18)22(29)30-15-21(28)26(2)14-20(27)25-19-12-8-6-10-17(19)23/h5-12,24H,3-4,13-15H2,1-2H3,(H,25,27). The van der Waals surface area contributed by atoms with Gasteiger partial charge in [0.05, 0.1) is 22.8 Å². The van der Waals surface area contributed by atoms with Gasteiger partial charge in [0.25, 0.3) is 5.91 Å². The molecule has 2 aromatic rings. The number of likely N-dealkylation sites (N-methyl/N-ethyl adjacent to an activating group) is 1. The lowest BCUT2D eigenvalue weighted by molar-refractivity contribution is -0.136. The van der Waals surface area contributed by atoms with E-state index in [0.29, 0.717) is 22.0 Å². The third kappa shape index (κ3) is 7.08. The van der Waals surface area contributed by atoms with Crippen molar-refractivity contribution in [3.8, 4) is 0 Å². The summed E-state index contributed by atoms with van der Waals surface area (Å²) in [4.78, 5) is 38.0. The summed E-state index contributed by atoms with van der Waals surface area (Å²) >= 11 is 6.01. The zero-order valence-electron chi connectivity index (χ0n) is 17.1. The maximum absolute atomic E-state index is 12.4. The van der Waals surface area contributed by atoms with Crippen LogP contribution >= 0.6 is 11.6 Å². The predicted octanol–water partition coefficient (Wildman–Crippen LogP) is 3.81. The van der Waals surface area contributed by atoms with E-state index < -0.39 is 24.4 Å². The van der Waals surface area contributed by atoms with Gasteiger partial charge in [-0.15, -0.1) is 0 Å². The third-order valence-corrected chi connectivity index (χ3v) is 4.60. The molecule has 2 rings (SSSR count). The number of halogens is 1. The van der Waals surface area contributed by atoms with Gasteiger partial charge in [0.2, 0.25) is 5.91 Å². The van der Waals surface area contributed by atoms with Crippen molar-refractivity contribution in [2.45, 2.75) is 19.8 Å². The van der Waals surface area contributed by atoms with Crippen molar-refractivity contribution in [2.75, 3.05) is 37.4 Å². The Hall–Kier alpha value is -3.06. The number of unbranched alkanes of at least 4 members (excludes halogenated alkanes) is 1. The average molecular weight is 432 g/mol. The number of hydrogen-bond donors (Lipinski definition) is 2. The van der Waals surface area contributed by atoms with Crippen molar-refractivity contribution >= 4 is 40.8 Å². The summed E-state index contributed by atoms with van der Waals surface area (Å²) in [6, 6.07) is 13.8. The quantitative estimate of drug-likeness (QED) is 0.441. The van der Waals surface area contributed by atoms with Crippen molar-refractivity contribution in [3.05, 3.63) is 59.1 Å². The highest BCUT2D eigenvalue weighted by Gasteiger charge is 2.18. The number of rotatable bonds is 10. The Kier molecular flexibility index (Phi) is 9.15. The number of esters is 1. The molecule has 0 bridgehead atoms. The molecule has 2 aromatic carbocycles. The van der Waals surface area contributed by atoms with E-state index in [0.717, 1.165) is 19.4 Å². The van der Waals surface area contributed by atoms with E-state index in [4.69, 9.17) is 16.3 Å². The van der Waals surface area contributed by atoms with E-state index in [9.17, 15) is 14.4 Å². The molecule has 0 unspecified atom stereocenters. The number of para-hydroxylation sites is 2. The number of hydrogen-bond acceptors (Lipinski definition) is 5. The van der Waals surface area contributed by atoms with Crippen molar-refractivity contribution in [3.63, 3.8) is 0 Å².